The number of hydrogen-bond acceptors (Lipinski definition) is 7. The number of benzene rings is 1. The van der Waals surface area contributed by atoms with Crippen LogP contribution < -0.4 is 10.6 Å². The van der Waals surface area contributed by atoms with E-state index in [1.807, 2.05) is 30.3 Å². The van der Waals surface area contributed by atoms with Crippen LogP contribution in [-0.2, 0) is 12.7 Å². The van der Waals surface area contributed by atoms with E-state index in [0.717, 1.165) is 43.0 Å². The van der Waals surface area contributed by atoms with E-state index in [4.69, 9.17) is 0 Å². The summed E-state index contributed by atoms with van der Waals surface area (Å²) < 4.78 is 39.7. The minimum absolute atomic E-state index is 0.145. The number of pyridine rings is 1. The zero-order valence-corrected chi connectivity index (χ0v) is 19.4. The highest BCUT2D eigenvalue weighted by atomic mass is 19.4. The normalized spacial score (nSPS) is 16.2. The topological polar surface area (TPSA) is 106 Å². The Labute approximate surface area is 205 Å². The molecule has 0 radical (unpaired) electrons. The first-order chi connectivity index (χ1) is 17.3. The summed E-state index contributed by atoms with van der Waals surface area (Å²) >= 11 is 0. The standard InChI is InChI=1S/C25H23F3N8/c1-36-7-6-19(14-36)34-18-4-2-15(3-5-18)10-32-24-33-11-16(9-29)22(35-24)21-13-31-23-20(21)8-17(12-30-23)25(26,27)28/h2-5,8,11-13,19,34H,6-7,10,14H2,1H3,(H,30,31)(H,32,33,35). The lowest BCUT2D eigenvalue weighted by Crippen LogP contribution is -2.23. The number of nitrogens with zero attached hydrogens (tertiary/aromatic N) is 5. The molecule has 0 saturated carbocycles. The Morgan fingerprint density at radius 1 is 1.19 bits per heavy atom. The minimum atomic E-state index is -4.54. The van der Waals surface area contributed by atoms with Crippen LogP contribution in [0.3, 0.4) is 0 Å². The molecular formula is C25H23F3N8. The minimum Gasteiger partial charge on any atom is -0.381 e. The van der Waals surface area contributed by atoms with Gasteiger partial charge in [0.1, 0.15) is 11.7 Å². The molecule has 0 bridgehead atoms. The number of anilines is 2. The van der Waals surface area contributed by atoms with Crippen molar-refractivity contribution in [1.82, 2.24) is 24.8 Å². The molecule has 1 saturated heterocycles. The van der Waals surface area contributed by atoms with Crippen molar-refractivity contribution in [3.8, 4) is 17.3 Å². The summed E-state index contributed by atoms with van der Waals surface area (Å²) in [6, 6.07) is 11.5. The SMILES string of the molecule is CN1CCC(Nc2ccc(CNc3ncc(C#N)c(-c4c[nH]c5ncc(C(F)(F)F)cc45)n3)cc2)C1. The molecule has 1 aliphatic heterocycles. The van der Waals surface area contributed by atoms with Crippen LogP contribution >= 0.6 is 0 Å². The van der Waals surface area contributed by atoms with Crippen LogP contribution in [-0.4, -0.2) is 51.0 Å². The van der Waals surface area contributed by atoms with Crippen molar-refractivity contribution in [3.05, 3.63) is 65.6 Å². The number of nitriles is 1. The Bertz CT molecular complexity index is 1420. The molecule has 8 nitrogen and oxygen atoms in total. The molecule has 1 aromatic carbocycles. The molecule has 1 aliphatic rings. The van der Waals surface area contributed by atoms with Crippen molar-refractivity contribution in [2.24, 2.45) is 0 Å². The Hall–Kier alpha value is -4.17. The van der Waals surface area contributed by atoms with E-state index in [1.54, 1.807) is 0 Å². The van der Waals surface area contributed by atoms with E-state index in [9.17, 15) is 18.4 Å². The molecule has 1 unspecified atom stereocenters. The van der Waals surface area contributed by atoms with Gasteiger partial charge in [0, 0.05) is 48.2 Å². The fourth-order valence-corrected chi connectivity index (χ4v) is 4.30. The van der Waals surface area contributed by atoms with Crippen molar-refractivity contribution < 1.29 is 13.2 Å². The van der Waals surface area contributed by atoms with E-state index in [2.05, 4.69) is 42.5 Å². The van der Waals surface area contributed by atoms with Crippen LogP contribution in [0.15, 0.2) is 48.9 Å². The number of rotatable bonds is 6. The molecule has 0 spiro atoms. The Balaban J connectivity index is 1.34. The smallest absolute Gasteiger partial charge is 0.381 e. The van der Waals surface area contributed by atoms with Gasteiger partial charge in [0.15, 0.2) is 0 Å². The predicted octanol–water partition coefficient (Wildman–Crippen LogP) is 4.64. The highest BCUT2D eigenvalue weighted by Crippen LogP contribution is 2.34. The first kappa shape index (κ1) is 23.6. The number of hydrogen-bond donors (Lipinski definition) is 3. The van der Waals surface area contributed by atoms with E-state index >= 15 is 0 Å². The third-order valence-electron chi connectivity index (χ3n) is 6.19. The maximum absolute atomic E-state index is 13.2. The fraction of sp³-hybridized carbons (Fsp3) is 0.280. The van der Waals surface area contributed by atoms with Gasteiger partial charge in [-0.25, -0.2) is 15.0 Å². The van der Waals surface area contributed by atoms with Gasteiger partial charge in [-0.1, -0.05) is 12.1 Å². The number of aromatic amines is 1. The average molecular weight is 493 g/mol. The van der Waals surface area contributed by atoms with Gasteiger partial charge in [-0.3, -0.25) is 0 Å². The van der Waals surface area contributed by atoms with Crippen molar-refractivity contribution in [3.63, 3.8) is 0 Å². The molecule has 5 rings (SSSR count). The van der Waals surface area contributed by atoms with E-state index in [-0.39, 0.29) is 28.2 Å². The first-order valence-corrected chi connectivity index (χ1v) is 11.4. The third-order valence-corrected chi connectivity index (χ3v) is 6.19. The maximum atomic E-state index is 13.2. The lowest BCUT2D eigenvalue weighted by atomic mass is 10.1. The molecule has 1 atom stereocenters. The molecule has 4 aromatic rings. The summed E-state index contributed by atoms with van der Waals surface area (Å²) in [6.07, 6.45) is 0.204. The van der Waals surface area contributed by atoms with Crippen LogP contribution in [0.1, 0.15) is 23.1 Å². The van der Waals surface area contributed by atoms with Crippen LogP contribution in [0, 0.1) is 11.3 Å². The van der Waals surface area contributed by atoms with E-state index in [1.165, 1.54) is 12.4 Å². The van der Waals surface area contributed by atoms with E-state index in [0.29, 0.717) is 18.2 Å². The third kappa shape index (κ3) is 4.94. The van der Waals surface area contributed by atoms with Gasteiger partial charge < -0.3 is 20.5 Å². The van der Waals surface area contributed by atoms with Crippen molar-refractivity contribution in [1.29, 1.82) is 5.26 Å². The van der Waals surface area contributed by atoms with Gasteiger partial charge in [0.25, 0.3) is 0 Å². The summed E-state index contributed by atoms with van der Waals surface area (Å²) in [6.45, 7) is 2.54. The van der Waals surface area contributed by atoms with Crippen molar-refractivity contribution >= 4 is 22.7 Å². The highest BCUT2D eigenvalue weighted by molar-refractivity contribution is 5.94. The van der Waals surface area contributed by atoms with Gasteiger partial charge in [-0.2, -0.15) is 18.4 Å². The molecule has 4 heterocycles. The Morgan fingerprint density at radius 2 is 2.00 bits per heavy atom. The predicted molar refractivity (Wildman–Crippen MR) is 130 cm³/mol. The summed E-state index contributed by atoms with van der Waals surface area (Å²) in [4.78, 5) is 17.7. The molecule has 184 valence electrons. The number of fused-ring (bicyclic) bond motifs is 1. The Morgan fingerprint density at radius 3 is 2.69 bits per heavy atom. The molecule has 3 aromatic heterocycles. The van der Waals surface area contributed by atoms with E-state index < -0.39 is 11.7 Å². The number of halogens is 3. The summed E-state index contributed by atoms with van der Waals surface area (Å²) in [5.74, 6) is 0.259. The zero-order valence-electron chi connectivity index (χ0n) is 19.4. The summed E-state index contributed by atoms with van der Waals surface area (Å²) in [5, 5.41) is 16.4. The second-order valence-electron chi connectivity index (χ2n) is 8.83. The lowest BCUT2D eigenvalue weighted by Gasteiger charge is -2.14. The largest absolute Gasteiger partial charge is 0.417 e. The van der Waals surface area contributed by atoms with Crippen LogP contribution in [0.25, 0.3) is 22.3 Å². The number of nitrogens with one attached hydrogen (secondary N) is 3. The van der Waals surface area contributed by atoms with Crippen molar-refractivity contribution in [2.45, 2.75) is 25.2 Å². The van der Waals surface area contributed by atoms with Gasteiger partial charge in [-0.05, 0) is 43.8 Å². The number of likely N-dealkylation sites (N-methyl/N-ethyl adjacent to an activating group) is 1. The van der Waals surface area contributed by atoms with Crippen LogP contribution in [0.5, 0.6) is 0 Å². The number of aromatic nitrogens is 4. The Kier molecular flexibility index (Phi) is 6.20. The first-order valence-electron chi connectivity index (χ1n) is 11.4. The number of likely N-dealkylation sites (tertiary alicyclic amines) is 1. The summed E-state index contributed by atoms with van der Waals surface area (Å²) in [5.41, 5.74) is 2.17. The van der Waals surface area contributed by atoms with Crippen LogP contribution in [0.4, 0.5) is 24.8 Å². The average Bonchev–Trinajstić information content (AvgIpc) is 3.48. The van der Waals surface area contributed by atoms with Gasteiger partial charge in [0.05, 0.1) is 23.0 Å². The highest BCUT2D eigenvalue weighted by Gasteiger charge is 2.31. The van der Waals surface area contributed by atoms with Gasteiger partial charge in [0.2, 0.25) is 5.95 Å². The molecule has 11 heteroatoms. The zero-order chi connectivity index (χ0) is 25.3. The second-order valence-corrected chi connectivity index (χ2v) is 8.83. The van der Waals surface area contributed by atoms with Crippen molar-refractivity contribution in [2.75, 3.05) is 30.8 Å². The molecular weight excluding hydrogens is 469 g/mol. The lowest BCUT2D eigenvalue weighted by molar-refractivity contribution is -0.137. The molecule has 1 fully saturated rings. The quantitative estimate of drug-likeness (QED) is 0.360. The monoisotopic (exact) mass is 492 g/mol. The fourth-order valence-electron chi connectivity index (χ4n) is 4.30. The molecule has 36 heavy (non-hydrogen) atoms. The molecule has 0 aliphatic carbocycles. The number of H-pyrrole nitrogens is 1. The van der Waals surface area contributed by atoms with Gasteiger partial charge >= 0.3 is 6.18 Å². The number of alkyl halides is 3. The maximum Gasteiger partial charge on any atom is 0.417 e. The molecule has 3 N–H and O–H groups in total. The van der Waals surface area contributed by atoms with Crippen LogP contribution in [0.2, 0.25) is 0 Å². The molecule has 0 amide bonds. The van der Waals surface area contributed by atoms with Gasteiger partial charge in [-0.15, -0.1) is 0 Å². The summed E-state index contributed by atoms with van der Waals surface area (Å²) in [7, 11) is 2.11. The second kappa shape index (κ2) is 9.47.